The van der Waals surface area contributed by atoms with Gasteiger partial charge in [-0.3, -0.25) is 4.79 Å². The van der Waals surface area contributed by atoms with Crippen LogP contribution in [0, 0.1) is 0 Å². The lowest BCUT2D eigenvalue weighted by Gasteiger charge is -2.14. The molecule has 0 heterocycles. The molecule has 1 aromatic carbocycles. The third-order valence-corrected chi connectivity index (χ3v) is 2.74. The highest BCUT2D eigenvalue weighted by Gasteiger charge is 2.09. The predicted octanol–water partition coefficient (Wildman–Crippen LogP) is 3.38. The second-order valence-corrected chi connectivity index (χ2v) is 3.85. The zero-order valence-corrected chi connectivity index (χ0v) is 9.84. The second-order valence-electron chi connectivity index (χ2n) is 3.58. The Morgan fingerprint density at radius 2 is 2.13 bits per heavy atom. The Balaban J connectivity index is 2.91. The van der Waals surface area contributed by atoms with E-state index in [-0.39, 0.29) is 11.8 Å². The van der Waals surface area contributed by atoms with Crippen molar-refractivity contribution in [3.05, 3.63) is 29.8 Å². The first-order valence-corrected chi connectivity index (χ1v) is 5.67. The topological polar surface area (TPSA) is 29.1 Å². The van der Waals surface area contributed by atoms with Crippen LogP contribution in [0.25, 0.3) is 0 Å². The lowest BCUT2D eigenvalue weighted by Crippen LogP contribution is -2.14. The third-order valence-electron chi connectivity index (χ3n) is 2.50. The van der Waals surface area contributed by atoms with Crippen LogP contribution in [-0.4, -0.2) is 11.8 Å². The van der Waals surface area contributed by atoms with Crippen molar-refractivity contribution >= 4 is 23.2 Å². The molecule has 1 amide bonds. The van der Waals surface area contributed by atoms with E-state index in [0.717, 1.165) is 12.1 Å². The Morgan fingerprint density at radius 3 is 2.73 bits per heavy atom. The molecule has 1 unspecified atom stereocenters. The summed E-state index contributed by atoms with van der Waals surface area (Å²) in [5.41, 5.74) is 2.04. The maximum Gasteiger partial charge on any atom is 0.239 e. The molecule has 0 spiro atoms. The van der Waals surface area contributed by atoms with E-state index in [2.05, 4.69) is 19.2 Å². The highest BCUT2D eigenvalue weighted by atomic mass is 35.5. The number of halogens is 1. The molecule has 0 aliphatic rings. The van der Waals surface area contributed by atoms with E-state index >= 15 is 0 Å². The second kappa shape index (κ2) is 5.76. The number of alkyl halides is 1. The van der Waals surface area contributed by atoms with Crippen LogP contribution in [0.5, 0.6) is 0 Å². The van der Waals surface area contributed by atoms with Crippen LogP contribution in [0.15, 0.2) is 24.3 Å². The molecule has 0 aromatic heterocycles. The molecule has 1 rings (SSSR count). The third kappa shape index (κ3) is 3.24. The minimum atomic E-state index is -0.160. The molecule has 3 heteroatoms. The van der Waals surface area contributed by atoms with Gasteiger partial charge in [-0.15, -0.1) is 11.6 Å². The van der Waals surface area contributed by atoms with Crippen molar-refractivity contribution in [2.24, 2.45) is 0 Å². The fourth-order valence-electron chi connectivity index (χ4n) is 1.44. The zero-order chi connectivity index (χ0) is 11.3. The van der Waals surface area contributed by atoms with Crippen LogP contribution in [0.4, 0.5) is 5.69 Å². The van der Waals surface area contributed by atoms with Crippen molar-refractivity contribution in [3.63, 3.8) is 0 Å². The molecule has 1 aromatic rings. The molecule has 0 aliphatic carbocycles. The van der Waals surface area contributed by atoms with E-state index in [1.165, 1.54) is 5.56 Å². The minimum Gasteiger partial charge on any atom is -0.325 e. The Hall–Kier alpha value is -1.02. The largest absolute Gasteiger partial charge is 0.325 e. The summed E-state index contributed by atoms with van der Waals surface area (Å²) in [6.07, 6.45) is 1.05. The van der Waals surface area contributed by atoms with Crippen molar-refractivity contribution in [3.8, 4) is 0 Å². The van der Waals surface area contributed by atoms with Crippen molar-refractivity contribution in [1.29, 1.82) is 0 Å². The van der Waals surface area contributed by atoms with Crippen LogP contribution in [-0.2, 0) is 4.79 Å². The Bertz CT molecular complexity index is 338. The fourth-order valence-corrected chi connectivity index (χ4v) is 1.51. The number of anilines is 1. The van der Waals surface area contributed by atoms with Crippen LogP contribution in [0.1, 0.15) is 31.7 Å². The van der Waals surface area contributed by atoms with Gasteiger partial charge in [-0.2, -0.15) is 0 Å². The number of rotatable bonds is 4. The average Bonchev–Trinajstić information content (AvgIpc) is 2.28. The molecule has 1 N–H and O–H groups in total. The summed E-state index contributed by atoms with van der Waals surface area (Å²) in [5.74, 6) is 0.277. The predicted molar refractivity (Wildman–Crippen MR) is 64.5 cm³/mol. The van der Waals surface area contributed by atoms with Crippen LogP contribution in [0.2, 0.25) is 0 Å². The average molecular weight is 226 g/mol. The summed E-state index contributed by atoms with van der Waals surface area (Å²) in [6, 6.07) is 7.84. The highest BCUT2D eigenvalue weighted by molar-refractivity contribution is 6.29. The van der Waals surface area contributed by atoms with Gasteiger partial charge in [0, 0.05) is 5.69 Å². The standard InChI is InChI=1S/C12H16ClNO/c1-3-9(2)10-6-4-5-7-11(10)14-12(15)8-13/h4-7,9H,3,8H2,1-2H3,(H,14,15). The molecule has 0 aliphatic heterocycles. The van der Waals surface area contributed by atoms with Gasteiger partial charge in [-0.25, -0.2) is 0 Å². The number of nitrogens with one attached hydrogen (secondary N) is 1. The van der Waals surface area contributed by atoms with E-state index < -0.39 is 0 Å². The molecule has 0 saturated heterocycles. The summed E-state index contributed by atoms with van der Waals surface area (Å²) in [6.45, 7) is 4.27. The molecular formula is C12H16ClNO. The number of hydrogen-bond donors (Lipinski definition) is 1. The smallest absolute Gasteiger partial charge is 0.239 e. The molecule has 82 valence electrons. The van der Waals surface area contributed by atoms with Gasteiger partial charge in [0.15, 0.2) is 0 Å². The lowest BCUT2D eigenvalue weighted by molar-refractivity contribution is -0.113. The van der Waals surface area contributed by atoms with E-state index in [9.17, 15) is 4.79 Å². The SMILES string of the molecule is CCC(C)c1ccccc1NC(=O)CCl. The van der Waals surface area contributed by atoms with E-state index in [1.54, 1.807) is 0 Å². The van der Waals surface area contributed by atoms with Gasteiger partial charge in [0.25, 0.3) is 0 Å². The molecule has 1 atom stereocenters. The molecule has 0 saturated carbocycles. The lowest BCUT2D eigenvalue weighted by atomic mass is 9.97. The maximum absolute atomic E-state index is 11.2. The van der Waals surface area contributed by atoms with Gasteiger partial charge in [0.05, 0.1) is 0 Å². The summed E-state index contributed by atoms with van der Waals surface area (Å²) < 4.78 is 0. The van der Waals surface area contributed by atoms with Gasteiger partial charge < -0.3 is 5.32 Å². The maximum atomic E-state index is 11.2. The minimum absolute atomic E-state index is 0.00512. The number of carbonyl (C=O) groups excluding carboxylic acids is 1. The normalized spacial score (nSPS) is 12.2. The van der Waals surface area contributed by atoms with Crippen molar-refractivity contribution in [2.45, 2.75) is 26.2 Å². The number of carbonyl (C=O) groups is 1. The fraction of sp³-hybridized carbons (Fsp3) is 0.417. The van der Waals surface area contributed by atoms with Crippen molar-refractivity contribution in [1.82, 2.24) is 0 Å². The highest BCUT2D eigenvalue weighted by Crippen LogP contribution is 2.26. The zero-order valence-electron chi connectivity index (χ0n) is 9.09. The Labute approximate surface area is 95.6 Å². The number of benzene rings is 1. The van der Waals surface area contributed by atoms with Crippen molar-refractivity contribution < 1.29 is 4.79 Å². The van der Waals surface area contributed by atoms with Gasteiger partial charge in [-0.05, 0) is 24.0 Å². The molecule has 0 fully saturated rings. The quantitative estimate of drug-likeness (QED) is 0.783. The number of amides is 1. The number of para-hydroxylation sites is 1. The molecular weight excluding hydrogens is 210 g/mol. The van der Waals surface area contributed by atoms with Crippen LogP contribution >= 0.6 is 11.6 Å². The van der Waals surface area contributed by atoms with E-state index in [1.807, 2.05) is 24.3 Å². The van der Waals surface area contributed by atoms with Gasteiger partial charge >= 0.3 is 0 Å². The number of hydrogen-bond acceptors (Lipinski definition) is 1. The molecule has 0 bridgehead atoms. The van der Waals surface area contributed by atoms with Gasteiger partial charge in [0.2, 0.25) is 5.91 Å². The molecule has 15 heavy (non-hydrogen) atoms. The van der Waals surface area contributed by atoms with Gasteiger partial charge in [0.1, 0.15) is 5.88 Å². The first-order valence-electron chi connectivity index (χ1n) is 5.13. The summed E-state index contributed by atoms with van der Waals surface area (Å²) in [7, 11) is 0. The van der Waals surface area contributed by atoms with Gasteiger partial charge in [-0.1, -0.05) is 32.0 Å². The monoisotopic (exact) mass is 225 g/mol. The van der Waals surface area contributed by atoms with Crippen molar-refractivity contribution in [2.75, 3.05) is 11.2 Å². The van der Waals surface area contributed by atoms with E-state index in [0.29, 0.717) is 5.92 Å². The summed E-state index contributed by atoms with van der Waals surface area (Å²) in [5, 5.41) is 2.80. The molecule has 2 nitrogen and oxygen atoms in total. The summed E-state index contributed by atoms with van der Waals surface area (Å²) in [4.78, 5) is 11.2. The Kier molecular flexibility index (Phi) is 4.63. The first-order chi connectivity index (χ1) is 7.19. The Morgan fingerprint density at radius 1 is 1.47 bits per heavy atom. The van der Waals surface area contributed by atoms with Crippen LogP contribution in [0.3, 0.4) is 0 Å². The van der Waals surface area contributed by atoms with E-state index in [4.69, 9.17) is 11.6 Å². The first kappa shape index (κ1) is 12.1. The summed E-state index contributed by atoms with van der Waals surface area (Å²) >= 11 is 5.46. The molecule has 0 radical (unpaired) electrons. The van der Waals surface area contributed by atoms with Crippen LogP contribution < -0.4 is 5.32 Å².